The zero-order chi connectivity index (χ0) is 16.9. The van der Waals surface area contributed by atoms with Crippen LogP contribution in [0.15, 0.2) is 18.2 Å². The van der Waals surface area contributed by atoms with Crippen LogP contribution in [0.5, 0.6) is 0 Å². The first-order chi connectivity index (χ1) is 10.2. The lowest BCUT2D eigenvalue weighted by Crippen LogP contribution is -2.27. The predicted octanol–water partition coefficient (Wildman–Crippen LogP) is 3.81. The van der Waals surface area contributed by atoms with Crippen molar-refractivity contribution in [1.82, 2.24) is 0 Å². The largest absolute Gasteiger partial charge is 0.481 e. The van der Waals surface area contributed by atoms with Crippen molar-refractivity contribution in [3.8, 4) is 0 Å². The van der Waals surface area contributed by atoms with Gasteiger partial charge in [-0.25, -0.2) is 0 Å². The van der Waals surface area contributed by atoms with Crippen molar-refractivity contribution in [2.24, 2.45) is 0 Å². The summed E-state index contributed by atoms with van der Waals surface area (Å²) in [4.78, 5) is 9.37. The van der Waals surface area contributed by atoms with E-state index in [-0.39, 0.29) is 12.5 Å². The lowest BCUT2D eigenvalue weighted by atomic mass is 9.92. The van der Waals surface area contributed by atoms with Gasteiger partial charge in [0.1, 0.15) is 0 Å². The molecular weight excluding hydrogens is 299 g/mol. The molecule has 0 unspecified atom stereocenters. The second-order valence-electron chi connectivity index (χ2n) is 5.05. The van der Waals surface area contributed by atoms with Crippen molar-refractivity contribution < 1.29 is 28.2 Å². The smallest absolute Gasteiger partial charge is 0.416 e. The molecule has 0 aromatic heterocycles. The summed E-state index contributed by atoms with van der Waals surface area (Å²) in [6.45, 7) is 3.57. The Morgan fingerprint density at radius 1 is 1.36 bits per heavy atom. The Labute approximate surface area is 127 Å². The fraction of sp³-hybridized carbons (Fsp3) is 0.533. The van der Waals surface area contributed by atoms with Crippen molar-refractivity contribution in [3.63, 3.8) is 0 Å². The fourth-order valence-corrected chi connectivity index (χ4v) is 2.09. The van der Waals surface area contributed by atoms with Gasteiger partial charge < -0.3 is 15.5 Å². The van der Waals surface area contributed by atoms with Gasteiger partial charge in [0.05, 0.1) is 11.7 Å². The van der Waals surface area contributed by atoms with Gasteiger partial charge in [-0.1, -0.05) is 13.8 Å². The van der Waals surface area contributed by atoms with Crippen LogP contribution < -0.4 is 5.32 Å². The van der Waals surface area contributed by atoms with Crippen LogP contribution in [0.2, 0.25) is 0 Å². The van der Waals surface area contributed by atoms with E-state index < -0.39 is 23.8 Å². The van der Waals surface area contributed by atoms with Crippen molar-refractivity contribution in [3.05, 3.63) is 29.3 Å². The maximum absolute atomic E-state index is 12.5. The highest BCUT2D eigenvalue weighted by molar-refractivity contribution is 5.66. The highest BCUT2D eigenvalue weighted by Gasteiger charge is 2.33. The number of aliphatic hydroxyl groups is 1. The number of alkyl halides is 3. The number of nitrogens with one attached hydrogen (secondary N) is 1. The number of carboxylic acid groups (broad SMARTS) is 1. The van der Waals surface area contributed by atoms with Crippen LogP contribution in [0.1, 0.15) is 50.3 Å². The summed E-state index contributed by atoms with van der Waals surface area (Å²) >= 11 is 0. The molecule has 7 heteroatoms. The highest BCUT2D eigenvalue weighted by Crippen LogP contribution is 2.38. The number of benzene rings is 1. The molecule has 1 aliphatic heterocycles. The third kappa shape index (κ3) is 4.91. The van der Waals surface area contributed by atoms with E-state index in [1.165, 1.54) is 6.07 Å². The van der Waals surface area contributed by atoms with E-state index in [0.717, 1.165) is 18.6 Å². The number of halogens is 3. The van der Waals surface area contributed by atoms with E-state index in [1.54, 1.807) is 6.92 Å². The molecule has 0 amide bonds. The molecule has 1 aromatic rings. The first-order valence-corrected chi connectivity index (χ1v) is 7.06. The van der Waals surface area contributed by atoms with E-state index in [1.807, 2.05) is 6.92 Å². The van der Waals surface area contributed by atoms with Crippen molar-refractivity contribution in [2.45, 2.75) is 51.4 Å². The van der Waals surface area contributed by atoms with Crippen LogP contribution in [-0.2, 0) is 11.0 Å². The minimum atomic E-state index is -4.36. The number of carbonyl (C=O) groups is 1. The number of hydrogen-bond donors (Lipinski definition) is 3. The first-order valence-electron chi connectivity index (χ1n) is 7.06. The van der Waals surface area contributed by atoms with Crippen LogP contribution in [0, 0.1) is 0 Å². The van der Waals surface area contributed by atoms with E-state index >= 15 is 0 Å². The van der Waals surface area contributed by atoms with Crippen molar-refractivity contribution in [1.29, 1.82) is 0 Å². The average Bonchev–Trinajstić information content (AvgIpc) is 2.46. The minimum Gasteiger partial charge on any atom is -0.481 e. The van der Waals surface area contributed by atoms with Crippen LogP contribution >= 0.6 is 0 Å². The molecule has 4 nitrogen and oxygen atoms in total. The zero-order valence-electron chi connectivity index (χ0n) is 12.4. The number of fused-ring (bicyclic) bond motifs is 1. The van der Waals surface area contributed by atoms with Crippen molar-refractivity contribution in [2.75, 3.05) is 5.32 Å². The maximum Gasteiger partial charge on any atom is 0.416 e. The fourth-order valence-electron chi connectivity index (χ4n) is 2.09. The lowest BCUT2D eigenvalue weighted by Gasteiger charge is -2.30. The maximum atomic E-state index is 12.5. The molecule has 22 heavy (non-hydrogen) atoms. The van der Waals surface area contributed by atoms with E-state index in [0.29, 0.717) is 17.7 Å². The van der Waals surface area contributed by atoms with Crippen LogP contribution in [0.25, 0.3) is 0 Å². The molecule has 0 saturated heterocycles. The minimum absolute atomic E-state index is 0.120. The number of anilines is 1. The summed E-state index contributed by atoms with van der Waals surface area (Å²) in [6.07, 6.45) is -3.68. The molecule has 2 rings (SSSR count). The average molecular weight is 319 g/mol. The first kappa shape index (κ1) is 18.3. The van der Waals surface area contributed by atoms with Gasteiger partial charge in [0.2, 0.25) is 0 Å². The van der Waals surface area contributed by atoms with Crippen molar-refractivity contribution >= 4 is 11.7 Å². The Morgan fingerprint density at radius 3 is 2.41 bits per heavy atom. The Bertz CT molecular complexity index is 517. The molecule has 0 fully saturated rings. The summed E-state index contributed by atoms with van der Waals surface area (Å²) in [7, 11) is 0. The quantitative estimate of drug-likeness (QED) is 0.775. The van der Waals surface area contributed by atoms with Crippen LogP contribution in [0.3, 0.4) is 0 Å². The van der Waals surface area contributed by atoms with Gasteiger partial charge in [-0.05, 0) is 31.0 Å². The van der Waals surface area contributed by atoms with Gasteiger partial charge in [-0.2, -0.15) is 13.2 Å². The number of hydrogen-bond acceptors (Lipinski definition) is 3. The van der Waals surface area contributed by atoms with E-state index in [9.17, 15) is 23.1 Å². The number of aliphatic carboxylic acids is 1. The number of carboxylic acids is 1. The molecule has 0 bridgehead atoms. The SMILES string of the molecule is CCC(=O)O.CC[C@@H]1C[C@H](O)c2cc(C(F)(F)F)ccc2N1. The predicted molar refractivity (Wildman–Crippen MR) is 76.6 cm³/mol. The van der Waals surface area contributed by atoms with E-state index in [4.69, 9.17) is 5.11 Å². The van der Waals surface area contributed by atoms with Gasteiger partial charge in [-0.15, -0.1) is 0 Å². The molecule has 124 valence electrons. The monoisotopic (exact) mass is 319 g/mol. The van der Waals surface area contributed by atoms with Crippen LogP contribution in [-0.4, -0.2) is 22.2 Å². The van der Waals surface area contributed by atoms with Gasteiger partial charge in [0.15, 0.2) is 0 Å². The topological polar surface area (TPSA) is 69.6 Å². The van der Waals surface area contributed by atoms with Crippen LogP contribution in [0.4, 0.5) is 18.9 Å². The molecule has 2 atom stereocenters. The molecule has 1 heterocycles. The molecule has 1 aromatic carbocycles. The van der Waals surface area contributed by atoms with Gasteiger partial charge >= 0.3 is 12.1 Å². The molecule has 0 radical (unpaired) electrons. The Hall–Kier alpha value is -1.76. The van der Waals surface area contributed by atoms with Gasteiger partial charge in [0.25, 0.3) is 0 Å². The Morgan fingerprint density at radius 2 is 1.95 bits per heavy atom. The second-order valence-corrected chi connectivity index (χ2v) is 5.05. The molecule has 1 aliphatic rings. The Kier molecular flexibility index (Phi) is 6.22. The Balaban J connectivity index is 0.000000422. The third-order valence-electron chi connectivity index (χ3n) is 3.40. The summed E-state index contributed by atoms with van der Waals surface area (Å²) in [6, 6.07) is 3.58. The standard InChI is InChI=1S/C12H14F3NO.C3H6O2/c1-2-8-6-11(17)9-5-7(12(13,14)15)3-4-10(9)16-8;1-2-3(4)5/h3-5,8,11,16-17H,2,6H2,1H3;2H2,1H3,(H,4,5)/t8-,11+;/m1./s1. The lowest BCUT2D eigenvalue weighted by molar-refractivity contribution is -0.138. The zero-order valence-corrected chi connectivity index (χ0v) is 12.4. The molecule has 3 N–H and O–H groups in total. The summed E-state index contributed by atoms with van der Waals surface area (Å²) < 4.78 is 37.6. The van der Waals surface area contributed by atoms with E-state index in [2.05, 4.69) is 5.32 Å². The summed E-state index contributed by atoms with van der Waals surface area (Å²) in [5.74, 6) is -0.745. The second kappa shape index (κ2) is 7.49. The third-order valence-corrected chi connectivity index (χ3v) is 3.40. The molecule has 0 aliphatic carbocycles. The van der Waals surface area contributed by atoms with Gasteiger partial charge in [-0.3, -0.25) is 4.79 Å². The normalized spacial score (nSPS) is 20.3. The number of aliphatic hydroxyl groups excluding tert-OH is 1. The highest BCUT2D eigenvalue weighted by atomic mass is 19.4. The summed E-state index contributed by atoms with van der Waals surface area (Å²) in [5, 5.41) is 20.7. The number of rotatable bonds is 2. The molecular formula is C15H20F3NO3. The van der Waals surface area contributed by atoms with Gasteiger partial charge in [0, 0.05) is 23.7 Å². The molecule has 0 saturated carbocycles. The summed E-state index contributed by atoms with van der Waals surface area (Å²) in [5.41, 5.74) is 0.222. The molecule has 0 spiro atoms.